The van der Waals surface area contributed by atoms with E-state index >= 15 is 0 Å². The van der Waals surface area contributed by atoms with E-state index in [1.54, 1.807) is 0 Å². The molecular formula is C7H12O5. The zero-order valence-electron chi connectivity index (χ0n) is 6.77. The molecule has 1 heterocycles. The lowest BCUT2D eigenvalue weighted by Gasteiger charge is -2.29. The van der Waals surface area contributed by atoms with Crippen LogP contribution in [0.5, 0.6) is 0 Å². The summed E-state index contributed by atoms with van der Waals surface area (Å²) in [5.74, 6) is -0.652. The van der Waals surface area contributed by atoms with Crippen molar-refractivity contribution in [1.82, 2.24) is 0 Å². The molecule has 0 aromatic rings. The second kappa shape index (κ2) is 3.84. The van der Waals surface area contributed by atoms with Gasteiger partial charge in [0.1, 0.15) is 6.10 Å². The van der Waals surface area contributed by atoms with Crippen molar-refractivity contribution in [2.24, 2.45) is 0 Å². The Morgan fingerprint density at radius 3 is 2.83 bits per heavy atom. The van der Waals surface area contributed by atoms with Crippen molar-refractivity contribution in [3.63, 3.8) is 0 Å². The molecule has 3 atom stereocenters. The van der Waals surface area contributed by atoms with E-state index in [9.17, 15) is 9.90 Å². The van der Waals surface area contributed by atoms with Crippen molar-refractivity contribution in [2.45, 2.75) is 24.7 Å². The van der Waals surface area contributed by atoms with Crippen LogP contribution in [0.25, 0.3) is 0 Å². The van der Waals surface area contributed by atoms with E-state index in [4.69, 9.17) is 9.84 Å². The summed E-state index contributed by atoms with van der Waals surface area (Å²) < 4.78 is 9.30. The first kappa shape index (κ1) is 9.44. The van der Waals surface area contributed by atoms with Crippen LogP contribution in [0, 0.1) is 0 Å². The summed E-state index contributed by atoms with van der Waals surface area (Å²) in [5.41, 5.74) is 0. The fraction of sp³-hybridized carbons (Fsp3) is 0.857. The molecular weight excluding hydrogens is 164 g/mol. The summed E-state index contributed by atoms with van der Waals surface area (Å²) in [5, 5.41) is 18.4. The second-order valence-electron chi connectivity index (χ2n) is 2.66. The summed E-state index contributed by atoms with van der Waals surface area (Å²) in [6.45, 7) is 0.262. The number of esters is 1. The first-order valence-electron chi connectivity index (χ1n) is 3.72. The highest BCUT2D eigenvalue weighted by Crippen LogP contribution is 2.15. The third kappa shape index (κ3) is 1.74. The van der Waals surface area contributed by atoms with Crippen LogP contribution < -0.4 is 0 Å². The van der Waals surface area contributed by atoms with Crippen LogP contribution in [0.4, 0.5) is 0 Å². The van der Waals surface area contributed by atoms with Gasteiger partial charge in [-0.1, -0.05) is 0 Å². The van der Waals surface area contributed by atoms with Crippen molar-refractivity contribution < 1.29 is 24.5 Å². The Hall–Kier alpha value is -0.650. The van der Waals surface area contributed by atoms with Crippen molar-refractivity contribution >= 4 is 5.97 Å². The standard InChI is InChI=1S/C7H12O5/c1-11-7(10)6-5(9)4(8)2-3-12-6/h4-6,8-9H,2-3H2,1H3/t4-,5+,6+/m1/s1. The summed E-state index contributed by atoms with van der Waals surface area (Å²) in [6.07, 6.45) is -2.78. The molecule has 2 N–H and O–H groups in total. The van der Waals surface area contributed by atoms with E-state index in [0.717, 1.165) is 0 Å². The molecule has 5 nitrogen and oxygen atoms in total. The van der Waals surface area contributed by atoms with Crippen molar-refractivity contribution in [1.29, 1.82) is 0 Å². The molecule has 1 fully saturated rings. The summed E-state index contributed by atoms with van der Waals surface area (Å²) in [4.78, 5) is 10.9. The highest BCUT2D eigenvalue weighted by atomic mass is 16.6. The predicted molar refractivity (Wildman–Crippen MR) is 38.4 cm³/mol. The summed E-state index contributed by atoms with van der Waals surface area (Å²) in [7, 11) is 1.21. The Labute approximate surface area is 69.9 Å². The van der Waals surface area contributed by atoms with E-state index in [2.05, 4.69) is 4.74 Å². The minimum atomic E-state index is -1.17. The number of carbonyl (C=O) groups excluding carboxylic acids is 1. The highest BCUT2D eigenvalue weighted by Gasteiger charge is 2.37. The lowest BCUT2D eigenvalue weighted by Crippen LogP contribution is -2.48. The van der Waals surface area contributed by atoms with Crippen LogP contribution in [0.1, 0.15) is 6.42 Å². The maximum Gasteiger partial charge on any atom is 0.337 e. The molecule has 0 bridgehead atoms. The van der Waals surface area contributed by atoms with Crippen LogP contribution in [0.15, 0.2) is 0 Å². The van der Waals surface area contributed by atoms with E-state index in [1.165, 1.54) is 7.11 Å². The number of ether oxygens (including phenoxy) is 2. The quantitative estimate of drug-likeness (QED) is 0.484. The average Bonchev–Trinajstić information content (AvgIpc) is 2.08. The number of hydrogen-bond acceptors (Lipinski definition) is 5. The van der Waals surface area contributed by atoms with E-state index in [0.29, 0.717) is 6.42 Å². The number of rotatable bonds is 1. The molecule has 0 aliphatic carbocycles. The fourth-order valence-corrected chi connectivity index (χ4v) is 1.11. The largest absolute Gasteiger partial charge is 0.467 e. The molecule has 0 aromatic carbocycles. The number of hydrogen-bond donors (Lipinski definition) is 2. The third-order valence-corrected chi connectivity index (χ3v) is 1.85. The molecule has 70 valence electrons. The lowest BCUT2D eigenvalue weighted by atomic mass is 10.0. The maximum atomic E-state index is 10.9. The van der Waals surface area contributed by atoms with Gasteiger partial charge in [0, 0.05) is 0 Å². The van der Waals surface area contributed by atoms with Gasteiger partial charge in [-0.05, 0) is 6.42 Å². The SMILES string of the molecule is COC(=O)[C@H]1OCC[C@@H](O)[C@@H]1O. The number of aliphatic hydroxyl groups excluding tert-OH is 2. The Bertz CT molecular complexity index is 169. The number of methoxy groups -OCH3 is 1. The Morgan fingerprint density at radius 2 is 2.25 bits per heavy atom. The zero-order valence-corrected chi connectivity index (χ0v) is 6.77. The minimum absolute atomic E-state index is 0.262. The normalized spacial score (nSPS) is 36.1. The van der Waals surface area contributed by atoms with Crippen LogP contribution in [-0.4, -0.2) is 48.2 Å². The molecule has 12 heavy (non-hydrogen) atoms. The van der Waals surface area contributed by atoms with Crippen LogP contribution in [0.2, 0.25) is 0 Å². The second-order valence-corrected chi connectivity index (χ2v) is 2.66. The highest BCUT2D eigenvalue weighted by molar-refractivity contribution is 5.75. The fourth-order valence-electron chi connectivity index (χ4n) is 1.11. The molecule has 0 spiro atoms. The molecule has 1 rings (SSSR count). The van der Waals surface area contributed by atoms with Gasteiger partial charge in [0.05, 0.1) is 19.8 Å². The molecule has 0 unspecified atom stereocenters. The van der Waals surface area contributed by atoms with Crippen LogP contribution >= 0.6 is 0 Å². The monoisotopic (exact) mass is 176 g/mol. The predicted octanol–water partition coefficient (Wildman–Crippen LogP) is -1.33. The van der Waals surface area contributed by atoms with Gasteiger partial charge in [-0.3, -0.25) is 0 Å². The molecule has 0 aromatic heterocycles. The molecule has 0 amide bonds. The smallest absolute Gasteiger partial charge is 0.337 e. The minimum Gasteiger partial charge on any atom is -0.467 e. The Kier molecular flexibility index (Phi) is 3.02. The van der Waals surface area contributed by atoms with Gasteiger partial charge in [-0.2, -0.15) is 0 Å². The van der Waals surface area contributed by atoms with Gasteiger partial charge in [0.2, 0.25) is 0 Å². The van der Waals surface area contributed by atoms with Gasteiger partial charge < -0.3 is 19.7 Å². The first-order chi connectivity index (χ1) is 5.66. The first-order valence-corrected chi connectivity index (χ1v) is 3.72. The molecule has 1 saturated heterocycles. The number of aliphatic hydroxyl groups is 2. The van der Waals surface area contributed by atoms with Gasteiger partial charge in [0.15, 0.2) is 6.10 Å². The molecule has 1 aliphatic heterocycles. The van der Waals surface area contributed by atoms with Gasteiger partial charge in [-0.25, -0.2) is 4.79 Å². The molecule has 5 heteroatoms. The van der Waals surface area contributed by atoms with Gasteiger partial charge >= 0.3 is 5.97 Å². The van der Waals surface area contributed by atoms with Crippen molar-refractivity contribution in [3.05, 3.63) is 0 Å². The summed E-state index contributed by atoms with van der Waals surface area (Å²) >= 11 is 0. The average molecular weight is 176 g/mol. The summed E-state index contributed by atoms with van der Waals surface area (Å²) in [6, 6.07) is 0. The molecule has 0 radical (unpaired) electrons. The van der Waals surface area contributed by atoms with Gasteiger partial charge in [-0.15, -0.1) is 0 Å². The van der Waals surface area contributed by atoms with Crippen LogP contribution in [0.3, 0.4) is 0 Å². The van der Waals surface area contributed by atoms with E-state index in [-0.39, 0.29) is 6.61 Å². The number of carbonyl (C=O) groups is 1. The topological polar surface area (TPSA) is 76.0 Å². The van der Waals surface area contributed by atoms with Crippen molar-refractivity contribution in [3.8, 4) is 0 Å². The van der Waals surface area contributed by atoms with Crippen molar-refractivity contribution in [2.75, 3.05) is 13.7 Å². The molecule has 0 saturated carbocycles. The lowest BCUT2D eigenvalue weighted by molar-refractivity contribution is -0.180. The van der Waals surface area contributed by atoms with Crippen LogP contribution in [-0.2, 0) is 14.3 Å². The Balaban J connectivity index is 2.57. The third-order valence-electron chi connectivity index (χ3n) is 1.85. The Morgan fingerprint density at radius 1 is 1.58 bits per heavy atom. The zero-order chi connectivity index (χ0) is 9.14. The van der Waals surface area contributed by atoms with E-state index < -0.39 is 24.3 Å². The maximum absolute atomic E-state index is 10.9. The molecule has 1 aliphatic rings. The van der Waals surface area contributed by atoms with E-state index in [1.807, 2.05) is 0 Å². The van der Waals surface area contributed by atoms with Gasteiger partial charge in [0.25, 0.3) is 0 Å².